The lowest BCUT2D eigenvalue weighted by Crippen LogP contribution is -2.51. The van der Waals surface area contributed by atoms with Crippen molar-refractivity contribution < 1.29 is 54.2 Å². The molecule has 170 valence electrons. The van der Waals surface area contributed by atoms with Crippen molar-refractivity contribution in [2.24, 2.45) is 0 Å². The maximum Gasteiger partial charge on any atom is 0.463 e. The average molecular weight is 532 g/mol. The van der Waals surface area contributed by atoms with Gasteiger partial charge in [-0.2, -0.15) is 35.1 Å². The smallest absolute Gasteiger partial charge is 0.413 e. The van der Waals surface area contributed by atoms with Crippen LogP contribution in [0.1, 0.15) is 20.7 Å². The molecule has 0 aromatic heterocycles. The van der Waals surface area contributed by atoms with Gasteiger partial charge in [0.15, 0.2) is 9.67 Å². The number of benzene rings is 1. The fourth-order valence-corrected chi connectivity index (χ4v) is 2.34. The van der Waals surface area contributed by atoms with Crippen molar-refractivity contribution in [3.05, 3.63) is 35.4 Å². The van der Waals surface area contributed by atoms with E-state index in [0.717, 1.165) is 12.1 Å². The van der Waals surface area contributed by atoms with Crippen LogP contribution in [0.15, 0.2) is 24.3 Å². The van der Waals surface area contributed by atoms with Gasteiger partial charge < -0.3 is 9.47 Å². The Bertz CT molecular complexity index is 736. The number of alkyl halides is 12. The number of hydrogen-bond donors (Lipinski definition) is 0. The van der Waals surface area contributed by atoms with Crippen molar-refractivity contribution in [1.29, 1.82) is 0 Å². The molecule has 0 aliphatic heterocycles. The summed E-state index contributed by atoms with van der Waals surface area (Å²) in [6.45, 7) is 0. The maximum atomic E-state index is 14.0. The molecule has 0 spiro atoms. The van der Waals surface area contributed by atoms with Gasteiger partial charge in [0.1, 0.15) is 0 Å². The van der Waals surface area contributed by atoms with E-state index >= 15 is 0 Å². The third-order valence-corrected chi connectivity index (χ3v) is 4.31. The Morgan fingerprint density at radius 3 is 1.13 bits per heavy atom. The summed E-state index contributed by atoms with van der Waals surface area (Å²) in [6.07, 6.45) is -11.9. The molecular weight excluding hydrogens is 526 g/mol. The Hall–Kier alpha value is -1.24. The first-order chi connectivity index (χ1) is 13.4. The zero-order valence-corrected chi connectivity index (χ0v) is 16.7. The summed E-state index contributed by atoms with van der Waals surface area (Å²) in [5.74, 6) is -14.4. The van der Waals surface area contributed by atoms with Gasteiger partial charge in [-0.15, -0.1) is 0 Å². The first-order valence-electron chi connectivity index (χ1n) is 7.01. The molecule has 1 rings (SSSR count). The summed E-state index contributed by atoms with van der Waals surface area (Å²) in [7, 11) is 0. The van der Waals surface area contributed by atoms with E-state index < -0.39 is 56.8 Å². The molecule has 0 aliphatic rings. The molecule has 16 heteroatoms. The van der Waals surface area contributed by atoms with E-state index in [0.29, 0.717) is 12.1 Å². The minimum absolute atomic E-state index is 0.541. The van der Waals surface area contributed by atoms with E-state index in [1.54, 1.807) is 0 Å². The Morgan fingerprint density at radius 2 is 0.933 bits per heavy atom. The Morgan fingerprint density at radius 1 is 0.667 bits per heavy atom. The number of rotatable bonds is 6. The molecule has 1 aromatic rings. The van der Waals surface area contributed by atoms with E-state index in [1.807, 2.05) is 0 Å². The van der Waals surface area contributed by atoms with Gasteiger partial charge in [0, 0.05) is 0 Å². The molecular formula is C14H6Cl4F8O4. The summed E-state index contributed by atoms with van der Waals surface area (Å²) in [4.78, 5) is 18.0. The van der Waals surface area contributed by atoms with Crippen LogP contribution in [0.5, 0.6) is 0 Å². The second-order valence-corrected chi connectivity index (χ2v) is 7.40. The van der Waals surface area contributed by atoms with Crippen molar-refractivity contribution in [2.75, 3.05) is 0 Å². The largest absolute Gasteiger partial charge is 0.463 e. The second kappa shape index (κ2) is 9.09. The highest BCUT2D eigenvalue weighted by Crippen LogP contribution is 2.44. The first-order valence-corrected chi connectivity index (χ1v) is 8.76. The number of halogens is 12. The third-order valence-electron chi connectivity index (χ3n) is 3.18. The van der Waals surface area contributed by atoms with Crippen molar-refractivity contribution in [1.82, 2.24) is 0 Å². The van der Waals surface area contributed by atoms with Gasteiger partial charge in [0.2, 0.25) is 0 Å². The summed E-state index contributed by atoms with van der Waals surface area (Å²) >= 11 is 19.5. The van der Waals surface area contributed by atoms with Gasteiger partial charge >= 0.3 is 36.0 Å². The molecule has 2 unspecified atom stereocenters. The molecule has 0 aliphatic carbocycles. The number of carbonyl (C=O) groups excluding carboxylic acids is 2. The van der Waals surface area contributed by atoms with Gasteiger partial charge in [-0.3, -0.25) is 0 Å². The molecule has 0 fully saturated rings. The Kier molecular flexibility index (Phi) is 8.12. The Balaban J connectivity index is 3.34. The number of hydrogen-bond acceptors (Lipinski definition) is 4. The SMILES string of the molecule is O=C(OC(F)(C(Cl)Cl)C(F)(F)F)c1ccccc1C(=O)OC(F)(C(Cl)Cl)C(F)(F)F. The molecule has 0 amide bonds. The van der Waals surface area contributed by atoms with E-state index in [4.69, 9.17) is 46.4 Å². The van der Waals surface area contributed by atoms with Crippen LogP contribution in [-0.2, 0) is 9.47 Å². The zero-order valence-electron chi connectivity index (χ0n) is 13.6. The molecule has 0 radical (unpaired) electrons. The maximum absolute atomic E-state index is 14.0. The first kappa shape index (κ1) is 26.8. The summed E-state index contributed by atoms with van der Waals surface area (Å²) < 4.78 is 112. The molecule has 0 N–H and O–H groups in total. The minimum atomic E-state index is -5.94. The second-order valence-electron chi connectivity index (χ2n) is 5.21. The molecule has 0 saturated heterocycles. The standard InChI is InChI=1S/C14H6Cl4F8O4/c15-9(16)11(19,13(21,22)23)29-7(27)5-3-1-2-4-6(5)8(28)30-12(20,10(17)18)14(24,25)26/h1-4,9-10H. The van der Waals surface area contributed by atoms with Crippen molar-refractivity contribution in [3.63, 3.8) is 0 Å². The van der Waals surface area contributed by atoms with Gasteiger partial charge in [-0.05, 0) is 12.1 Å². The normalized spacial score (nSPS) is 16.7. The fraction of sp³-hybridized carbons (Fsp3) is 0.429. The van der Waals surface area contributed by atoms with Crippen molar-refractivity contribution in [3.8, 4) is 0 Å². The summed E-state index contributed by atoms with van der Waals surface area (Å²) in [5.41, 5.74) is -2.49. The van der Waals surface area contributed by atoms with Gasteiger partial charge in [-0.25, -0.2) is 9.59 Å². The summed E-state index contributed by atoms with van der Waals surface area (Å²) in [6, 6.07) is 2.88. The number of ether oxygens (including phenoxy) is 2. The van der Waals surface area contributed by atoms with Crippen LogP contribution >= 0.6 is 46.4 Å². The lowest BCUT2D eigenvalue weighted by molar-refractivity contribution is -0.306. The lowest BCUT2D eigenvalue weighted by Gasteiger charge is -2.29. The van der Waals surface area contributed by atoms with Crippen LogP contribution in [0.4, 0.5) is 35.1 Å². The van der Waals surface area contributed by atoms with Gasteiger partial charge in [0.25, 0.3) is 0 Å². The highest BCUT2D eigenvalue weighted by molar-refractivity contribution is 6.45. The Labute approximate surface area is 181 Å². The van der Waals surface area contributed by atoms with Crippen LogP contribution in [0.3, 0.4) is 0 Å². The zero-order chi connectivity index (χ0) is 23.7. The quantitative estimate of drug-likeness (QED) is 0.254. The molecule has 0 bridgehead atoms. The highest BCUT2D eigenvalue weighted by atomic mass is 35.5. The van der Waals surface area contributed by atoms with Crippen LogP contribution in [0, 0.1) is 0 Å². The number of carbonyl (C=O) groups is 2. The van der Waals surface area contributed by atoms with Crippen LogP contribution in [0.25, 0.3) is 0 Å². The number of esters is 2. The predicted octanol–water partition coefficient (Wildman–Crippen LogP) is 6.06. The third kappa shape index (κ3) is 5.32. The van der Waals surface area contributed by atoms with Crippen LogP contribution in [0.2, 0.25) is 0 Å². The van der Waals surface area contributed by atoms with E-state index in [1.165, 1.54) is 0 Å². The van der Waals surface area contributed by atoms with Crippen LogP contribution < -0.4 is 0 Å². The van der Waals surface area contributed by atoms with E-state index in [2.05, 4.69) is 9.47 Å². The van der Waals surface area contributed by atoms with E-state index in [9.17, 15) is 44.7 Å². The van der Waals surface area contributed by atoms with Gasteiger partial charge in [0.05, 0.1) is 11.1 Å². The summed E-state index contributed by atoms with van der Waals surface area (Å²) in [5, 5.41) is 0. The average Bonchev–Trinajstić information content (AvgIpc) is 2.59. The molecule has 0 heterocycles. The topological polar surface area (TPSA) is 52.6 Å². The van der Waals surface area contributed by atoms with E-state index in [-0.39, 0.29) is 0 Å². The molecule has 0 saturated carbocycles. The fourth-order valence-electron chi connectivity index (χ4n) is 1.67. The lowest BCUT2D eigenvalue weighted by atomic mass is 10.1. The predicted molar refractivity (Wildman–Crippen MR) is 88.0 cm³/mol. The van der Waals surface area contributed by atoms with Gasteiger partial charge in [-0.1, -0.05) is 58.5 Å². The van der Waals surface area contributed by atoms with Crippen molar-refractivity contribution >= 4 is 58.3 Å². The highest BCUT2D eigenvalue weighted by Gasteiger charge is 2.65. The molecule has 1 aromatic carbocycles. The minimum Gasteiger partial charge on any atom is -0.413 e. The molecule has 30 heavy (non-hydrogen) atoms. The molecule has 4 nitrogen and oxygen atoms in total. The van der Waals surface area contributed by atoms with Crippen LogP contribution in [-0.4, -0.2) is 45.7 Å². The molecule has 2 atom stereocenters. The van der Waals surface area contributed by atoms with Crippen molar-refractivity contribution in [2.45, 2.75) is 33.7 Å². The monoisotopic (exact) mass is 530 g/mol.